The summed E-state index contributed by atoms with van der Waals surface area (Å²) in [5.74, 6) is -0.132. The molecule has 0 aliphatic heterocycles. The van der Waals surface area contributed by atoms with Crippen molar-refractivity contribution in [2.75, 3.05) is 0 Å². The molecule has 5 heteroatoms. The van der Waals surface area contributed by atoms with Gasteiger partial charge >= 0.3 is 5.97 Å². The molecule has 4 aromatic rings. The lowest BCUT2D eigenvalue weighted by Crippen LogP contribution is -2.14. The van der Waals surface area contributed by atoms with E-state index in [0.717, 1.165) is 5.56 Å². The maximum atomic E-state index is 13.1. The van der Waals surface area contributed by atoms with Gasteiger partial charge in [-0.2, -0.15) is 0 Å². The van der Waals surface area contributed by atoms with E-state index < -0.39 is 11.4 Å². The summed E-state index contributed by atoms with van der Waals surface area (Å²) in [5, 5.41) is 0.343. The SMILES string of the molecule is CC(C)(C)c1ccc(-c2oc3ccccc3c(=O)c2OC(=O)C=Cc2ccco2)cc1. The Morgan fingerprint density at radius 1 is 0.968 bits per heavy atom. The summed E-state index contributed by atoms with van der Waals surface area (Å²) in [7, 11) is 0. The van der Waals surface area contributed by atoms with Crippen molar-refractivity contribution in [3.63, 3.8) is 0 Å². The van der Waals surface area contributed by atoms with Crippen molar-refractivity contribution in [1.82, 2.24) is 0 Å². The number of hydrogen-bond donors (Lipinski definition) is 0. The van der Waals surface area contributed by atoms with E-state index >= 15 is 0 Å². The first-order chi connectivity index (χ1) is 14.8. The number of benzene rings is 2. The van der Waals surface area contributed by atoms with E-state index in [1.807, 2.05) is 24.3 Å². The lowest BCUT2D eigenvalue weighted by molar-refractivity contribution is -0.129. The second kappa shape index (κ2) is 8.11. The van der Waals surface area contributed by atoms with Crippen LogP contribution in [0, 0.1) is 0 Å². The molecule has 31 heavy (non-hydrogen) atoms. The van der Waals surface area contributed by atoms with Gasteiger partial charge in [0.15, 0.2) is 5.76 Å². The van der Waals surface area contributed by atoms with Gasteiger partial charge in [0.2, 0.25) is 11.2 Å². The van der Waals surface area contributed by atoms with Crippen LogP contribution in [0.5, 0.6) is 5.75 Å². The number of esters is 1. The Bertz CT molecular complexity index is 1300. The summed E-state index contributed by atoms with van der Waals surface area (Å²) in [5.41, 5.74) is 1.78. The van der Waals surface area contributed by atoms with Crippen LogP contribution < -0.4 is 10.2 Å². The molecule has 0 saturated carbocycles. The number of ether oxygens (including phenoxy) is 1. The smallest absolute Gasteiger partial charge is 0.336 e. The maximum Gasteiger partial charge on any atom is 0.336 e. The standard InChI is InChI=1S/C26H22O5/c1-26(2,3)18-12-10-17(11-13-18)24-25(23(28)20-8-4-5-9-21(20)30-24)31-22(27)15-14-19-7-6-16-29-19/h4-16H,1-3H3. The summed E-state index contributed by atoms with van der Waals surface area (Å²) in [6.07, 6.45) is 4.19. The van der Waals surface area contributed by atoms with Gasteiger partial charge < -0.3 is 13.6 Å². The predicted octanol–water partition coefficient (Wildman–Crippen LogP) is 5.97. The molecule has 4 rings (SSSR count). The van der Waals surface area contributed by atoms with Crippen molar-refractivity contribution in [2.45, 2.75) is 26.2 Å². The number of carbonyl (C=O) groups excluding carboxylic acids is 1. The van der Waals surface area contributed by atoms with Crippen LogP contribution in [0.15, 0.2) is 86.6 Å². The molecule has 0 radical (unpaired) electrons. The molecule has 2 aromatic heterocycles. The molecule has 156 valence electrons. The molecule has 0 unspecified atom stereocenters. The third-order valence-electron chi connectivity index (χ3n) is 4.90. The lowest BCUT2D eigenvalue weighted by Gasteiger charge is -2.19. The van der Waals surface area contributed by atoms with Gasteiger partial charge in [-0.25, -0.2) is 4.79 Å². The third kappa shape index (κ3) is 4.36. The molecule has 0 N–H and O–H groups in total. The molecule has 0 fully saturated rings. The molecule has 0 atom stereocenters. The van der Waals surface area contributed by atoms with Crippen molar-refractivity contribution in [3.05, 3.63) is 94.5 Å². The molecule has 0 aliphatic carbocycles. The van der Waals surface area contributed by atoms with Crippen LogP contribution in [0.25, 0.3) is 28.4 Å². The summed E-state index contributed by atoms with van der Waals surface area (Å²) >= 11 is 0. The first-order valence-electron chi connectivity index (χ1n) is 9.93. The molecule has 5 nitrogen and oxygen atoms in total. The van der Waals surface area contributed by atoms with Gasteiger partial charge in [0.1, 0.15) is 11.3 Å². The number of fused-ring (bicyclic) bond motifs is 1. The molecule has 0 saturated heterocycles. The molecule has 2 heterocycles. The Labute approximate surface area is 179 Å². The van der Waals surface area contributed by atoms with Crippen LogP contribution in [0.1, 0.15) is 32.1 Å². The normalized spacial score (nSPS) is 11.8. The quantitative estimate of drug-likeness (QED) is 0.304. The minimum absolute atomic E-state index is 0.0192. The van der Waals surface area contributed by atoms with E-state index in [1.165, 1.54) is 18.4 Å². The van der Waals surface area contributed by atoms with Gasteiger partial charge in [-0.1, -0.05) is 57.2 Å². The molecule has 0 aliphatic rings. The predicted molar refractivity (Wildman–Crippen MR) is 120 cm³/mol. The Balaban J connectivity index is 1.78. The van der Waals surface area contributed by atoms with Crippen molar-refractivity contribution in [3.8, 4) is 17.1 Å². The monoisotopic (exact) mass is 414 g/mol. The van der Waals surface area contributed by atoms with Crippen molar-refractivity contribution in [1.29, 1.82) is 0 Å². The zero-order valence-corrected chi connectivity index (χ0v) is 17.5. The summed E-state index contributed by atoms with van der Waals surface area (Å²) in [6, 6.07) is 18.0. The van der Waals surface area contributed by atoms with Gasteiger partial charge in [0.25, 0.3) is 0 Å². The topological polar surface area (TPSA) is 69.7 Å². The first-order valence-corrected chi connectivity index (χ1v) is 9.93. The molecule has 2 aromatic carbocycles. The Kier molecular flexibility index (Phi) is 5.34. The highest BCUT2D eigenvalue weighted by Gasteiger charge is 2.21. The van der Waals surface area contributed by atoms with E-state index in [0.29, 0.717) is 22.3 Å². The molecule has 0 spiro atoms. The van der Waals surface area contributed by atoms with Crippen molar-refractivity contribution in [2.24, 2.45) is 0 Å². The fourth-order valence-corrected chi connectivity index (χ4v) is 3.20. The fourth-order valence-electron chi connectivity index (χ4n) is 3.20. The zero-order valence-electron chi connectivity index (χ0n) is 17.5. The zero-order chi connectivity index (χ0) is 22.0. The fraction of sp³-hybridized carbons (Fsp3) is 0.154. The van der Waals surface area contributed by atoms with E-state index in [4.69, 9.17) is 13.6 Å². The van der Waals surface area contributed by atoms with Crippen LogP contribution in [-0.2, 0) is 10.2 Å². The largest absolute Gasteiger partial charge is 0.465 e. The maximum absolute atomic E-state index is 13.1. The van der Waals surface area contributed by atoms with Crippen LogP contribution >= 0.6 is 0 Å². The van der Waals surface area contributed by atoms with Crippen molar-refractivity contribution >= 4 is 23.0 Å². The number of rotatable bonds is 4. The van der Waals surface area contributed by atoms with Gasteiger partial charge in [0, 0.05) is 11.6 Å². The average molecular weight is 414 g/mol. The number of para-hydroxylation sites is 1. The summed E-state index contributed by atoms with van der Waals surface area (Å²) in [6.45, 7) is 6.37. The lowest BCUT2D eigenvalue weighted by atomic mass is 9.86. The Morgan fingerprint density at radius 2 is 1.71 bits per heavy atom. The van der Waals surface area contributed by atoms with Crippen LogP contribution in [0.4, 0.5) is 0 Å². The molecular weight excluding hydrogens is 392 g/mol. The highest BCUT2D eigenvalue weighted by molar-refractivity contribution is 5.90. The van der Waals surface area contributed by atoms with E-state index in [9.17, 15) is 9.59 Å². The highest BCUT2D eigenvalue weighted by Crippen LogP contribution is 2.32. The number of furan rings is 1. The second-order valence-electron chi connectivity index (χ2n) is 8.18. The average Bonchev–Trinajstić information content (AvgIpc) is 3.27. The van der Waals surface area contributed by atoms with Gasteiger partial charge in [-0.15, -0.1) is 0 Å². The summed E-state index contributed by atoms with van der Waals surface area (Å²) in [4.78, 5) is 25.6. The van der Waals surface area contributed by atoms with Gasteiger partial charge in [-0.05, 0) is 41.3 Å². The molecule has 0 amide bonds. The van der Waals surface area contributed by atoms with E-state index in [-0.39, 0.29) is 16.9 Å². The second-order valence-corrected chi connectivity index (χ2v) is 8.18. The number of carbonyl (C=O) groups is 1. The van der Waals surface area contributed by atoms with Gasteiger partial charge in [0.05, 0.1) is 11.6 Å². The van der Waals surface area contributed by atoms with E-state index in [2.05, 4.69) is 20.8 Å². The van der Waals surface area contributed by atoms with Crippen LogP contribution in [-0.4, -0.2) is 5.97 Å². The Morgan fingerprint density at radius 3 is 2.39 bits per heavy atom. The van der Waals surface area contributed by atoms with Crippen molar-refractivity contribution < 1.29 is 18.4 Å². The third-order valence-corrected chi connectivity index (χ3v) is 4.90. The minimum atomic E-state index is -0.702. The minimum Gasteiger partial charge on any atom is -0.465 e. The van der Waals surface area contributed by atoms with Crippen LogP contribution in [0.3, 0.4) is 0 Å². The highest BCUT2D eigenvalue weighted by atomic mass is 16.5. The molecular formula is C26H22O5. The number of hydrogen-bond acceptors (Lipinski definition) is 5. The van der Waals surface area contributed by atoms with E-state index in [1.54, 1.807) is 36.4 Å². The van der Waals surface area contributed by atoms with Crippen LogP contribution in [0.2, 0.25) is 0 Å². The van der Waals surface area contributed by atoms with Gasteiger partial charge in [-0.3, -0.25) is 4.79 Å². The summed E-state index contributed by atoms with van der Waals surface area (Å²) < 4.78 is 16.7. The Hall–Kier alpha value is -3.86. The molecule has 0 bridgehead atoms. The first kappa shape index (κ1) is 20.4.